The first-order valence-electron chi connectivity index (χ1n) is 5.60. The van der Waals surface area contributed by atoms with Gasteiger partial charge < -0.3 is 9.84 Å². The van der Waals surface area contributed by atoms with Gasteiger partial charge in [0.15, 0.2) is 0 Å². The molecule has 0 saturated heterocycles. The highest BCUT2D eigenvalue weighted by Gasteiger charge is 2.16. The third-order valence-electron chi connectivity index (χ3n) is 2.67. The van der Waals surface area contributed by atoms with Gasteiger partial charge in [-0.3, -0.25) is 5.43 Å². The third kappa shape index (κ3) is 2.40. The summed E-state index contributed by atoms with van der Waals surface area (Å²) in [6.07, 6.45) is 1.63. The van der Waals surface area contributed by atoms with Crippen LogP contribution in [-0.2, 0) is 0 Å². The van der Waals surface area contributed by atoms with Gasteiger partial charge in [-0.05, 0) is 26.8 Å². The van der Waals surface area contributed by atoms with E-state index >= 15 is 0 Å². The first-order chi connectivity index (χ1) is 8.61. The molecule has 0 radical (unpaired) electrons. The molecule has 96 valence electrons. The van der Waals surface area contributed by atoms with Gasteiger partial charge in [-0.15, -0.1) is 0 Å². The van der Waals surface area contributed by atoms with Gasteiger partial charge in [0.1, 0.15) is 11.6 Å². The number of hydrogen-bond donors (Lipinski definition) is 3. The lowest BCUT2D eigenvalue weighted by atomic mass is 10.1. The number of nitrogens with zero attached hydrogens (tertiary/aromatic N) is 3. The van der Waals surface area contributed by atoms with Gasteiger partial charge in [0, 0.05) is 11.8 Å². The van der Waals surface area contributed by atoms with Crippen LogP contribution in [0.25, 0.3) is 0 Å². The first-order valence-corrected chi connectivity index (χ1v) is 5.60. The summed E-state index contributed by atoms with van der Waals surface area (Å²) in [4.78, 5) is 8.14. The molecule has 0 aliphatic heterocycles. The maximum atomic E-state index is 5.26. The van der Waals surface area contributed by atoms with Crippen molar-refractivity contribution in [3.05, 3.63) is 29.3 Å². The van der Waals surface area contributed by atoms with Crippen molar-refractivity contribution in [2.75, 3.05) is 10.7 Å². The van der Waals surface area contributed by atoms with E-state index in [4.69, 9.17) is 10.4 Å². The quantitative estimate of drug-likeness (QED) is 0.557. The molecule has 2 heterocycles. The van der Waals surface area contributed by atoms with Crippen molar-refractivity contribution in [3.8, 4) is 0 Å². The molecule has 4 N–H and O–H groups in total. The molecule has 7 heteroatoms. The topological polar surface area (TPSA) is 102 Å². The number of rotatable bonds is 4. The number of anilines is 2. The summed E-state index contributed by atoms with van der Waals surface area (Å²) in [7, 11) is 0. The molecule has 0 spiro atoms. The van der Waals surface area contributed by atoms with Crippen LogP contribution in [0, 0.1) is 13.8 Å². The minimum atomic E-state index is 0.0387. The zero-order valence-electron chi connectivity index (χ0n) is 10.6. The largest absolute Gasteiger partial charge is 0.363 e. The molecular formula is C11H16N6O. The Morgan fingerprint density at radius 3 is 2.78 bits per heavy atom. The van der Waals surface area contributed by atoms with Gasteiger partial charge in [0.25, 0.3) is 0 Å². The zero-order valence-corrected chi connectivity index (χ0v) is 10.6. The highest BCUT2D eigenvalue weighted by Crippen LogP contribution is 2.24. The van der Waals surface area contributed by atoms with Crippen LogP contribution in [0.3, 0.4) is 0 Å². The molecule has 2 rings (SSSR count). The van der Waals surface area contributed by atoms with Crippen LogP contribution < -0.4 is 16.6 Å². The van der Waals surface area contributed by atoms with E-state index in [0.29, 0.717) is 11.8 Å². The highest BCUT2D eigenvalue weighted by atomic mass is 16.5. The molecular weight excluding hydrogens is 232 g/mol. The van der Waals surface area contributed by atoms with Crippen LogP contribution in [0.15, 0.2) is 16.8 Å². The average molecular weight is 248 g/mol. The predicted octanol–water partition coefficient (Wildman–Crippen LogP) is 1.54. The molecule has 0 fully saturated rings. The van der Waals surface area contributed by atoms with E-state index in [9.17, 15) is 0 Å². The smallest absolute Gasteiger partial charge is 0.239 e. The summed E-state index contributed by atoms with van der Waals surface area (Å²) in [6.45, 7) is 5.82. The van der Waals surface area contributed by atoms with Crippen LogP contribution in [0.1, 0.15) is 30.0 Å². The number of nitrogens with two attached hydrogens (primary N) is 1. The Balaban J connectivity index is 2.18. The standard InChI is InChI=1S/C11H16N6O/c1-6(10-7(2)17-18-8(10)3)14-9-4-5-13-11(15-9)16-12/h4-6H,12H2,1-3H3,(H2,13,14,15,16). The fraction of sp³-hybridized carbons (Fsp3) is 0.364. The van der Waals surface area contributed by atoms with Crippen molar-refractivity contribution in [3.63, 3.8) is 0 Å². The van der Waals surface area contributed by atoms with Crippen LogP contribution in [-0.4, -0.2) is 15.1 Å². The van der Waals surface area contributed by atoms with E-state index in [1.807, 2.05) is 20.8 Å². The van der Waals surface area contributed by atoms with E-state index in [-0.39, 0.29) is 6.04 Å². The molecule has 0 aliphatic rings. The molecule has 0 saturated carbocycles. The maximum absolute atomic E-state index is 5.26. The molecule has 2 aromatic rings. The summed E-state index contributed by atoms with van der Waals surface area (Å²) < 4.78 is 5.14. The lowest BCUT2D eigenvalue weighted by molar-refractivity contribution is 0.392. The normalized spacial score (nSPS) is 12.2. The first kappa shape index (κ1) is 12.3. The fourth-order valence-electron chi connectivity index (χ4n) is 1.91. The molecule has 7 nitrogen and oxygen atoms in total. The summed E-state index contributed by atoms with van der Waals surface area (Å²) in [5.74, 6) is 7.12. The van der Waals surface area contributed by atoms with Gasteiger partial charge in [0.05, 0.1) is 11.7 Å². The van der Waals surface area contributed by atoms with Crippen molar-refractivity contribution in [1.82, 2.24) is 15.1 Å². The van der Waals surface area contributed by atoms with Gasteiger partial charge in [0.2, 0.25) is 5.95 Å². The third-order valence-corrected chi connectivity index (χ3v) is 2.67. The Morgan fingerprint density at radius 1 is 1.39 bits per heavy atom. The van der Waals surface area contributed by atoms with Crippen molar-refractivity contribution < 1.29 is 4.52 Å². The maximum Gasteiger partial charge on any atom is 0.239 e. The van der Waals surface area contributed by atoms with Gasteiger partial charge in [-0.25, -0.2) is 10.8 Å². The molecule has 1 unspecified atom stereocenters. The molecule has 18 heavy (non-hydrogen) atoms. The molecule has 0 bridgehead atoms. The summed E-state index contributed by atoms with van der Waals surface area (Å²) in [6, 6.07) is 1.81. The van der Waals surface area contributed by atoms with E-state index in [1.54, 1.807) is 12.3 Å². The van der Waals surface area contributed by atoms with E-state index in [1.165, 1.54) is 0 Å². The molecule has 0 aliphatic carbocycles. The fourth-order valence-corrected chi connectivity index (χ4v) is 1.91. The summed E-state index contributed by atoms with van der Waals surface area (Å²) in [5, 5.41) is 7.19. The molecule has 1 atom stereocenters. The number of nitrogens with one attached hydrogen (secondary N) is 2. The van der Waals surface area contributed by atoms with Crippen LogP contribution >= 0.6 is 0 Å². The van der Waals surface area contributed by atoms with Gasteiger partial charge >= 0.3 is 0 Å². The Bertz CT molecular complexity index is 519. The number of aryl methyl sites for hydroxylation is 2. The van der Waals surface area contributed by atoms with Crippen LogP contribution in [0.4, 0.5) is 11.8 Å². The number of nitrogen functional groups attached to an aromatic ring is 1. The molecule has 0 aromatic carbocycles. The SMILES string of the molecule is Cc1noc(C)c1C(C)Nc1ccnc(NN)n1. The second kappa shape index (κ2) is 5.01. The second-order valence-corrected chi connectivity index (χ2v) is 4.01. The number of hydrogen-bond acceptors (Lipinski definition) is 7. The average Bonchev–Trinajstić information content (AvgIpc) is 2.69. The lowest BCUT2D eigenvalue weighted by Gasteiger charge is -2.14. The Morgan fingerprint density at radius 2 is 2.17 bits per heavy atom. The predicted molar refractivity (Wildman–Crippen MR) is 67.9 cm³/mol. The minimum Gasteiger partial charge on any atom is -0.363 e. The van der Waals surface area contributed by atoms with Gasteiger partial charge in [-0.1, -0.05) is 5.16 Å². The van der Waals surface area contributed by atoms with Crippen molar-refractivity contribution in [2.24, 2.45) is 5.84 Å². The number of aromatic nitrogens is 3. The minimum absolute atomic E-state index is 0.0387. The van der Waals surface area contributed by atoms with Crippen LogP contribution in [0.5, 0.6) is 0 Å². The molecule has 2 aromatic heterocycles. The van der Waals surface area contributed by atoms with Gasteiger partial charge in [-0.2, -0.15) is 4.98 Å². The van der Waals surface area contributed by atoms with E-state index in [0.717, 1.165) is 17.0 Å². The van der Waals surface area contributed by atoms with E-state index in [2.05, 4.69) is 25.9 Å². The van der Waals surface area contributed by atoms with Crippen molar-refractivity contribution >= 4 is 11.8 Å². The second-order valence-electron chi connectivity index (χ2n) is 4.01. The highest BCUT2D eigenvalue weighted by molar-refractivity contribution is 5.42. The van der Waals surface area contributed by atoms with Crippen molar-refractivity contribution in [1.29, 1.82) is 0 Å². The summed E-state index contributed by atoms with van der Waals surface area (Å²) in [5.41, 5.74) is 4.32. The molecule has 0 amide bonds. The Labute approximate surface area is 105 Å². The summed E-state index contributed by atoms with van der Waals surface area (Å²) >= 11 is 0. The zero-order chi connectivity index (χ0) is 13.1. The number of hydrazine groups is 1. The Kier molecular flexibility index (Phi) is 3.42. The monoisotopic (exact) mass is 248 g/mol. The lowest BCUT2D eigenvalue weighted by Crippen LogP contribution is -2.13. The van der Waals surface area contributed by atoms with Crippen molar-refractivity contribution in [2.45, 2.75) is 26.8 Å². The van der Waals surface area contributed by atoms with E-state index < -0.39 is 0 Å². The Hall–Kier alpha value is -2.15. The van der Waals surface area contributed by atoms with Crippen LogP contribution in [0.2, 0.25) is 0 Å².